The zero-order valence-corrected chi connectivity index (χ0v) is 9.26. The first-order valence-corrected chi connectivity index (χ1v) is 5.72. The number of imidazole rings is 1. The Labute approximate surface area is 95.4 Å². The SMILES string of the molecule is NCc1ncn(Cc2cn3ccsc3n2)n1. The summed E-state index contributed by atoms with van der Waals surface area (Å²) in [4.78, 5) is 9.53. The van der Waals surface area contributed by atoms with Crippen molar-refractivity contribution in [2.75, 3.05) is 0 Å². The Morgan fingerprint density at radius 2 is 2.38 bits per heavy atom. The normalized spacial score (nSPS) is 11.3. The maximum Gasteiger partial charge on any atom is 0.193 e. The molecule has 0 saturated heterocycles. The average molecular weight is 234 g/mol. The van der Waals surface area contributed by atoms with Crippen molar-refractivity contribution in [3.05, 3.63) is 35.6 Å². The summed E-state index contributed by atoms with van der Waals surface area (Å²) < 4.78 is 3.75. The monoisotopic (exact) mass is 234 g/mol. The minimum atomic E-state index is 0.366. The first-order chi connectivity index (χ1) is 7.85. The van der Waals surface area contributed by atoms with Gasteiger partial charge >= 0.3 is 0 Å². The van der Waals surface area contributed by atoms with Gasteiger partial charge in [0, 0.05) is 17.8 Å². The summed E-state index contributed by atoms with van der Waals surface area (Å²) in [6, 6.07) is 0. The van der Waals surface area contributed by atoms with Crippen LogP contribution in [0.4, 0.5) is 0 Å². The van der Waals surface area contributed by atoms with Crippen LogP contribution in [0.15, 0.2) is 24.1 Å². The number of fused-ring (bicyclic) bond motifs is 1. The van der Waals surface area contributed by atoms with Crippen molar-refractivity contribution in [3.63, 3.8) is 0 Å². The summed E-state index contributed by atoms with van der Waals surface area (Å²) in [6.07, 6.45) is 5.66. The Morgan fingerprint density at radius 3 is 3.12 bits per heavy atom. The van der Waals surface area contributed by atoms with E-state index in [1.54, 1.807) is 22.3 Å². The number of hydrogen-bond acceptors (Lipinski definition) is 5. The van der Waals surface area contributed by atoms with E-state index in [2.05, 4.69) is 15.1 Å². The van der Waals surface area contributed by atoms with E-state index in [1.807, 2.05) is 22.2 Å². The largest absolute Gasteiger partial charge is 0.324 e. The summed E-state index contributed by atoms with van der Waals surface area (Å²) in [6.45, 7) is 0.993. The maximum absolute atomic E-state index is 5.44. The highest BCUT2D eigenvalue weighted by atomic mass is 32.1. The molecule has 0 radical (unpaired) electrons. The van der Waals surface area contributed by atoms with E-state index >= 15 is 0 Å². The van der Waals surface area contributed by atoms with Crippen molar-refractivity contribution in [1.29, 1.82) is 0 Å². The van der Waals surface area contributed by atoms with Gasteiger partial charge < -0.3 is 5.73 Å². The van der Waals surface area contributed by atoms with Gasteiger partial charge in [-0.05, 0) is 0 Å². The number of nitrogens with two attached hydrogens (primary N) is 1. The van der Waals surface area contributed by atoms with Gasteiger partial charge in [0.25, 0.3) is 0 Å². The Balaban J connectivity index is 1.86. The topological polar surface area (TPSA) is 74.0 Å². The highest BCUT2D eigenvalue weighted by molar-refractivity contribution is 7.15. The van der Waals surface area contributed by atoms with Gasteiger partial charge in [0.05, 0.1) is 18.8 Å². The van der Waals surface area contributed by atoms with Crippen molar-refractivity contribution in [2.45, 2.75) is 13.1 Å². The van der Waals surface area contributed by atoms with Crippen LogP contribution in [0, 0.1) is 0 Å². The molecule has 3 aromatic rings. The molecule has 0 fully saturated rings. The van der Waals surface area contributed by atoms with Crippen molar-refractivity contribution in [1.82, 2.24) is 24.1 Å². The van der Waals surface area contributed by atoms with E-state index in [1.165, 1.54) is 0 Å². The number of aromatic nitrogens is 5. The molecular formula is C9H10N6S. The van der Waals surface area contributed by atoms with Crippen LogP contribution in [0.5, 0.6) is 0 Å². The summed E-state index contributed by atoms with van der Waals surface area (Å²) in [5.74, 6) is 0.654. The lowest BCUT2D eigenvalue weighted by Gasteiger charge is -1.94. The Hall–Kier alpha value is -1.73. The number of hydrogen-bond donors (Lipinski definition) is 1. The molecule has 0 aliphatic rings. The average Bonchev–Trinajstić information content (AvgIpc) is 2.92. The lowest BCUT2D eigenvalue weighted by Crippen LogP contribution is -2.03. The quantitative estimate of drug-likeness (QED) is 0.716. The van der Waals surface area contributed by atoms with Gasteiger partial charge in [0.2, 0.25) is 0 Å². The third-order valence-corrected chi connectivity index (χ3v) is 3.00. The van der Waals surface area contributed by atoms with Crippen LogP contribution < -0.4 is 5.73 Å². The molecule has 0 amide bonds. The minimum absolute atomic E-state index is 0.366. The van der Waals surface area contributed by atoms with Crippen LogP contribution in [0.25, 0.3) is 4.96 Å². The molecule has 3 heterocycles. The molecule has 0 atom stereocenters. The van der Waals surface area contributed by atoms with Gasteiger partial charge in [-0.1, -0.05) is 0 Å². The number of rotatable bonds is 3. The van der Waals surface area contributed by atoms with Gasteiger partial charge in [-0.2, -0.15) is 5.10 Å². The lowest BCUT2D eigenvalue weighted by atomic mass is 10.5. The number of nitrogens with zero attached hydrogens (tertiary/aromatic N) is 5. The highest BCUT2D eigenvalue weighted by Gasteiger charge is 2.04. The standard InChI is InChI=1S/C9H10N6S/c10-3-8-11-6-15(13-8)5-7-4-14-1-2-16-9(14)12-7/h1-2,4,6H,3,5,10H2. The number of thiazole rings is 1. The molecule has 2 N–H and O–H groups in total. The maximum atomic E-state index is 5.44. The third kappa shape index (κ3) is 1.59. The summed E-state index contributed by atoms with van der Waals surface area (Å²) in [7, 11) is 0. The molecule has 3 aromatic heterocycles. The molecule has 0 aliphatic carbocycles. The fraction of sp³-hybridized carbons (Fsp3) is 0.222. The fourth-order valence-corrected chi connectivity index (χ4v) is 2.24. The van der Waals surface area contributed by atoms with Crippen molar-refractivity contribution >= 4 is 16.3 Å². The molecule has 0 unspecified atom stereocenters. The predicted molar refractivity (Wildman–Crippen MR) is 60.1 cm³/mol. The molecule has 0 bridgehead atoms. The molecule has 82 valence electrons. The first-order valence-electron chi connectivity index (χ1n) is 4.84. The molecule has 6 nitrogen and oxygen atoms in total. The Bertz CT molecular complexity index is 578. The molecule has 0 spiro atoms. The van der Waals surface area contributed by atoms with E-state index in [4.69, 9.17) is 5.73 Å². The zero-order valence-electron chi connectivity index (χ0n) is 8.45. The molecule has 0 aromatic carbocycles. The van der Waals surface area contributed by atoms with Crippen LogP contribution in [0.1, 0.15) is 11.5 Å². The minimum Gasteiger partial charge on any atom is -0.324 e. The molecule has 0 saturated carbocycles. The van der Waals surface area contributed by atoms with Gasteiger partial charge in [0.15, 0.2) is 10.8 Å². The summed E-state index contributed by atoms with van der Waals surface area (Å²) >= 11 is 1.61. The van der Waals surface area contributed by atoms with Crippen molar-refractivity contribution < 1.29 is 0 Å². The van der Waals surface area contributed by atoms with Gasteiger partial charge in [0.1, 0.15) is 6.33 Å². The van der Waals surface area contributed by atoms with Gasteiger partial charge in [-0.3, -0.25) is 4.40 Å². The van der Waals surface area contributed by atoms with Gasteiger partial charge in [-0.25, -0.2) is 14.6 Å². The first kappa shape index (κ1) is 9.49. The second-order valence-corrected chi connectivity index (χ2v) is 4.26. The van der Waals surface area contributed by atoms with E-state index in [0.29, 0.717) is 18.9 Å². The summed E-state index contributed by atoms with van der Waals surface area (Å²) in [5, 5.41) is 6.22. The van der Waals surface area contributed by atoms with Crippen LogP contribution in [0.2, 0.25) is 0 Å². The van der Waals surface area contributed by atoms with E-state index in [9.17, 15) is 0 Å². The van der Waals surface area contributed by atoms with E-state index in [0.717, 1.165) is 10.7 Å². The van der Waals surface area contributed by atoms with Crippen LogP contribution in [-0.4, -0.2) is 24.1 Å². The second kappa shape index (κ2) is 3.69. The molecule has 7 heteroatoms. The molecular weight excluding hydrogens is 224 g/mol. The Kier molecular flexibility index (Phi) is 2.19. The molecule has 16 heavy (non-hydrogen) atoms. The van der Waals surface area contributed by atoms with Crippen molar-refractivity contribution in [2.24, 2.45) is 5.73 Å². The second-order valence-electron chi connectivity index (χ2n) is 3.39. The zero-order chi connectivity index (χ0) is 11.0. The van der Waals surface area contributed by atoms with Crippen LogP contribution in [0.3, 0.4) is 0 Å². The van der Waals surface area contributed by atoms with Crippen LogP contribution in [-0.2, 0) is 13.1 Å². The fourth-order valence-electron chi connectivity index (χ4n) is 1.52. The Morgan fingerprint density at radius 1 is 1.44 bits per heavy atom. The van der Waals surface area contributed by atoms with Gasteiger partial charge in [-0.15, -0.1) is 11.3 Å². The van der Waals surface area contributed by atoms with Crippen molar-refractivity contribution in [3.8, 4) is 0 Å². The molecule has 3 rings (SSSR count). The highest BCUT2D eigenvalue weighted by Crippen LogP contribution is 2.11. The third-order valence-electron chi connectivity index (χ3n) is 2.23. The molecule has 0 aliphatic heterocycles. The smallest absolute Gasteiger partial charge is 0.193 e. The van der Waals surface area contributed by atoms with Crippen LogP contribution >= 0.6 is 11.3 Å². The predicted octanol–water partition coefficient (Wildman–Crippen LogP) is 0.494. The summed E-state index contributed by atoms with van der Waals surface area (Å²) in [5.41, 5.74) is 6.42. The van der Waals surface area contributed by atoms with E-state index in [-0.39, 0.29) is 0 Å². The lowest BCUT2D eigenvalue weighted by molar-refractivity contribution is 0.662. The van der Waals surface area contributed by atoms with E-state index < -0.39 is 0 Å².